The highest BCUT2D eigenvalue weighted by molar-refractivity contribution is 9.11. The number of rotatable bonds is 5. The lowest BCUT2D eigenvalue weighted by Gasteiger charge is -2.11. The van der Waals surface area contributed by atoms with Crippen molar-refractivity contribution in [3.05, 3.63) is 56.5 Å². The zero-order chi connectivity index (χ0) is 14.5. The summed E-state index contributed by atoms with van der Waals surface area (Å²) in [6.45, 7) is 0.476. The molecule has 0 saturated carbocycles. The van der Waals surface area contributed by atoms with Crippen LogP contribution in [0.25, 0.3) is 0 Å². The molecule has 0 bridgehead atoms. The van der Waals surface area contributed by atoms with Crippen LogP contribution in [0.4, 0.5) is 0 Å². The molecule has 5 heteroatoms. The Morgan fingerprint density at radius 2 is 1.80 bits per heavy atom. The Labute approximate surface area is 143 Å². The molecule has 0 aliphatic heterocycles. The number of alkyl halides is 1. The third kappa shape index (κ3) is 3.99. The lowest BCUT2D eigenvalue weighted by molar-refractivity contribution is 0.302. The van der Waals surface area contributed by atoms with Crippen LogP contribution in [0.2, 0.25) is 0 Å². The van der Waals surface area contributed by atoms with Gasteiger partial charge >= 0.3 is 0 Å². The van der Waals surface area contributed by atoms with Gasteiger partial charge in [0.1, 0.15) is 18.1 Å². The van der Waals surface area contributed by atoms with E-state index in [4.69, 9.17) is 9.47 Å². The maximum atomic E-state index is 5.85. The van der Waals surface area contributed by atoms with E-state index in [-0.39, 0.29) is 0 Å². The first-order valence-corrected chi connectivity index (χ1v) is 8.64. The van der Waals surface area contributed by atoms with Gasteiger partial charge in [0.2, 0.25) is 0 Å². The van der Waals surface area contributed by atoms with Gasteiger partial charge in [-0.3, -0.25) is 0 Å². The first-order chi connectivity index (χ1) is 9.63. The van der Waals surface area contributed by atoms with Crippen molar-refractivity contribution in [1.82, 2.24) is 0 Å². The fourth-order valence-electron chi connectivity index (χ4n) is 1.69. The number of benzene rings is 2. The SMILES string of the molecule is COc1ccc(Br)c(COc2ccc(CBr)cc2Br)c1. The molecular formula is C15H13Br3O2. The largest absolute Gasteiger partial charge is 0.497 e. The van der Waals surface area contributed by atoms with Crippen LogP contribution in [0, 0.1) is 0 Å². The van der Waals surface area contributed by atoms with Gasteiger partial charge in [-0.25, -0.2) is 0 Å². The van der Waals surface area contributed by atoms with Crippen LogP contribution in [0.3, 0.4) is 0 Å². The van der Waals surface area contributed by atoms with Gasteiger partial charge in [0.25, 0.3) is 0 Å². The van der Waals surface area contributed by atoms with Crippen molar-refractivity contribution >= 4 is 47.8 Å². The Morgan fingerprint density at radius 3 is 2.45 bits per heavy atom. The van der Waals surface area contributed by atoms with Crippen LogP contribution >= 0.6 is 47.8 Å². The van der Waals surface area contributed by atoms with Gasteiger partial charge in [-0.15, -0.1) is 0 Å². The Balaban J connectivity index is 2.12. The molecule has 0 heterocycles. The van der Waals surface area contributed by atoms with Gasteiger partial charge in [0.15, 0.2) is 0 Å². The molecule has 2 rings (SSSR count). The smallest absolute Gasteiger partial charge is 0.134 e. The van der Waals surface area contributed by atoms with Gasteiger partial charge in [-0.05, 0) is 51.8 Å². The van der Waals surface area contributed by atoms with Crippen LogP contribution in [-0.2, 0) is 11.9 Å². The van der Waals surface area contributed by atoms with E-state index in [1.807, 2.05) is 36.4 Å². The number of hydrogen-bond acceptors (Lipinski definition) is 2. The second kappa shape index (κ2) is 7.48. The average Bonchev–Trinajstić information content (AvgIpc) is 2.47. The van der Waals surface area contributed by atoms with Gasteiger partial charge in [0, 0.05) is 15.4 Å². The molecule has 2 aromatic carbocycles. The maximum Gasteiger partial charge on any atom is 0.134 e. The van der Waals surface area contributed by atoms with Crippen molar-refractivity contribution < 1.29 is 9.47 Å². The molecule has 2 aromatic rings. The van der Waals surface area contributed by atoms with Crippen molar-refractivity contribution in [3.8, 4) is 11.5 Å². The van der Waals surface area contributed by atoms with Gasteiger partial charge in [-0.1, -0.05) is 37.9 Å². The number of hydrogen-bond donors (Lipinski definition) is 0. The monoisotopic (exact) mass is 462 g/mol. The minimum Gasteiger partial charge on any atom is -0.497 e. The van der Waals surface area contributed by atoms with Crippen LogP contribution in [-0.4, -0.2) is 7.11 Å². The summed E-state index contributed by atoms with van der Waals surface area (Å²) in [6.07, 6.45) is 0. The van der Waals surface area contributed by atoms with Crippen molar-refractivity contribution in [2.45, 2.75) is 11.9 Å². The summed E-state index contributed by atoms with van der Waals surface area (Å²) in [7, 11) is 1.66. The quantitative estimate of drug-likeness (QED) is 0.529. The lowest BCUT2D eigenvalue weighted by atomic mass is 10.2. The summed E-state index contributed by atoms with van der Waals surface area (Å²) in [4.78, 5) is 0. The summed E-state index contributed by atoms with van der Waals surface area (Å²) in [5, 5.41) is 0.827. The van der Waals surface area contributed by atoms with E-state index in [2.05, 4.69) is 47.8 Å². The molecule has 0 fully saturated rings. The summed E-state index contributed by atoms with van der Waals surface area (Å²) in [5.74, 6) is 1.64. The highest BCUT2D eigenvalue weighted by Gasteiger charge is 2.06. The highest BCUT2D eigenvalue weighted by atomic mass is 79.9. The summed E-state index contributed by atoms with van der Waals surface area (Å²) < 4.78 is 13.0. The summed E-state index contributed by atoms with van der Waals surface area (Å²) >= 11 is 10.5. The van der Waals surface area contributed by atoms with Crippen molar-refractivity contribution in [1.29, 1.82) is 0 Å². The third-order valence-electron chi connectivity index (χ3n) is 2.79. The molecule has 0 atom stereocenters. The normalized spacial score (nSPS) is 10.4. The van der Waals surface area contributed by atoms with Crippen LogP contribution in [0.1, 0.15) is 11.1 Å². The molecule has 0 unspecified atom stereocenters. The Morgan fingerprint density at radius 1 is 1.00 bits per heavy atom. The van der Waals surface area contributed by atoms with E-state index in [1.165, 1.54) is 5.56 Å². The van der Waals surface area contributed by atoms with Crippen LogP contribution < -0.4 is 9.47 Å². The van der Waals surface area contributed by atoms with E-state index in [0.717, 1.165) is 31.3 Å². The predicted octanol–water partition coefficient (Wildman–Crippen LogP) is 5.69. The molecule has 106 valence electrons. The molecule has 0 N–H and O–H groups in total. The van der Waals surface area contributed by atoms with Crippen molar-refractivity contribution in [2.24, 2.45) is 0 Å². The third-order valence-corrected chi connectivity index (χ3v) is 4.83. The molecule has 2 nitrogen and oxygen atoms in total. The molecular weight excluding hydrogens is 452 g/mol. The molecule has 0 amide bonds. The minimum atomic E-state index is 0.476. The number of methoxy groups -OCH3 is 1. The van der Waals surface area contributed by atoms with Crippen molar-refractivity contribution in [2.75, 3.05) is 7.11 Å². The zero-order valence-corrected chi connectivity index (χ0v) is 15.6. The molecule has 0 aliphatic carbocycles. The first-order valence-electron chi connectivity index (χ1n) is 5.93. The van der Waals surface area contributed by atoms with E-state index >= 15 is 0 Å². The average molecular weight is 465 g/mol. The van der Waals surface area contributed by atoms with E-state index < -0.39 is 0 Å². The molecule has 0 aliphatic rings. The Bertz CT molecular complexity index is 600. The molecule has 20 heavy (non-hydrogen) atoms. The molecule has 0 aromatic heterocycles. The predicted molar refractivity (Wildman–Crippen MR) is 91.8 cm³/mol. The van der Waals surface area contributed by atoms with E-state index in [9.17, 15) is 0 Å². The molecule has 0 radical (unpaired) electrons. The van der Waals surface area contributed by atoms with Crippen LogP contribution in [0.15, 0.2) is 45.3 Å². The molecule has 0 spiro atoms. The van der Waals surface area contributed by atoms with Gasteiger partial charge in [-0.2, -0.15) is 0 Å². The number of halogens is 3. The summed E-state index contributed by atoms with van der Waals surface area (Å²) in [5.41, 5.74) is 2.24. The topological polar surface area (TPSA) is 18.5 Å². The molecule has 0 saturated heterocycles. The first kappa shape index (κ1) is 15.9. The lowest BCUT2D eigenvalue weighted by Crippen LogP contribution is -1.98. The second-order valence-electron chi connectivity index (χ2n) is 4.14. The highest BCUT2D eigenvalue weighted by Crippen LogP contribution is 2.29. The van der Waals surface area contributed by atoms with Gasteiger partial charge in [0.05, 0.1) is 11.6 Å². The minimum absolute atomic E-state index is 0.476. The fraction of sp³-hybridized carbons (Fsp3) is 0.200. The van der Waals surface area contributed by atoms with Crippen LogP contribution in [0.5, 0.6) is 11.5 Å². The maximum absolute atomic E-state index is 5.85. The van der Waals surface area contributed by atoms with Crippen molar-refractivity contribution in [3.63, 3.8) is 0 Å². The van der Waals surface area contributed by atoms with Gasteiger partial charge < -0.3 is 9.47 Å². The van der Waals surface area contributed by atoms with E-state index in [0.29, 0.717) is 6.61 Å². The fourth-order valence-corrected chi connectivity index (χ4v) is 2.94. The summed E-state index contributed by atoms with van der Waals surface area (Å²) in [6, 6.07) is 11.9. The standard InChI is InChI=1S/C15H13Br3O2/c1-19-12-3-4-13(17)11(7-12)9-20-15-5-2-10(8-16)6-14(15)18/h2-7H,8-9H2,1H3. The number of ether oxygens (including phenoxy) is 2. The zero-order valence-electron chi connectivity index (χ0n) is 10.8. The van der Waals surface area contributed by atoms with E-state index in [1.54, 1.807) is 7.11 Å². The Hall–Kier alpha value is -0.520. The Kier molecular flexibility index (Phi) is 5.93. The second-order valence-corrected chi connectivity index (χ2v) is 6.41.